The molecule has 0 spiro atoms. The summed E-state index contributed by atoms with van der Waals surface area (Å²) in [4.78, 5) is 0. The van der Waals surface area contributed by atoms with Crippen molar-refractivity contribution in [3.05, 3.63) is 22.4 Å². The highest BCUT2D eigenvalue weighted by atomic mass is 35.7. The van der Waals surface area contributed by atoms with E-state index in [1.165, 1.54) is 36.5 Å². The summed E-state index contributed by atoms with van der Waals surface area (Å²) in [6.45, 7) is 2.30. The van der Waals surface area contributed by atoms with Crippen molar-refractivity contribution in [2.45, 2.75) is 51.5 Å². The highest BCUT2D eigenvalue weighted by Gasteiger charge is 2.52. The van der Waals surface area contributed by atoms with Gasteiger partial charge in [0.05, 0.1) is 0 Å². The fraction of sp³-hybridized carbons (Fsp3) is 0.667. The van der Waals surface area contributed by atoms with Crippen molar-refractivity contribution in [1.29, 1.82) is 0 Å². The maximum absolute atomic E-state index is 6.45. The molecular formula is C12H18Cl2Si. The zero-order valence-electron chi connectivity index (χ0n) is 9.45. The van der Waals surface area contributed by atoms with E-state index in [0.29, 0.717) is 5.54 Å². The monoisotopic (exact) mass is 260 g/mol. The molecule has 0 aromatic rings. The Morgan fingerprint density at radius 2 is 2.13 bits per heavy atom. The molecular weight excluding hydrogens is 243 g/mol. The summed E-state index contributed by atoms with van der Waals surface area (Å²) in [5.41, 5.74) is 3.56. The van der Waals surface area contributed by atoms with Gasteiger partial charge in [0, 0.05) is 5.54 Å². The Balaban J connectivity index is 2.29. The smallest absolute Gasteiger partial charge is 0.139 e. The molecule has 0 radical (unpaired) electrons. The molecule has 0 saturated heterocycles. The van der Waals surface area contributed by atoms with Crippen LogP contribution in [0.3, 0.4) is 0 Å². The van der Waals surface area contributed by atoms with Gasteiger partial charge in [-0.15, -0.1) is 22.2 Å². The second-order valence-electron chi connectivity index (χ2n) is 4.60. The van der Waals surface area contributed by atoms with Crippen LogP contribution in [0.4, 0.5) is 0 Å². The van der Waals surface area contributed by atoms with Gasteiger partial charge in [-0.3, -0.25) is 0 Å². The van der Waals surface area contributed by atoms with Crippen molar-refractivity contribution in [1.82, 2.24) is 0 Å². The largest absolute Gasteiger partial charge is 0.284 e. The molecule has 1 unspecified atom stereocenters. The van der Waals surface area contributed by atoms with Crippen molar-refractivity contribution >= 4 is 28.9 Å². The van der Waals surface area contributed by atoms with Crippen LogP contribution < -0.4 is 0 Å². The van der Waals surface area contributed by atoms with Crippen LogP contribution in [-0.4, -0.2) is 6.69 Å². The summed E-state index contributed by atoms with van der Waals surface area (Å²) in [5.74, 6) is 0. The summed E-state index contributed by atoms with van der Waals surface area (Å²) < 4.78 is 0. The van der Waals surface area contributed by atoms with Crippen LogP contribution in [0.5, 0.6) is 0 Å². The van der Waals surface area contributed by atoms with Gasteiger partial charge in [0.1, 0.15) is 0 Å². The molecule has 84 valence electrons. The Hall–Kier alpha value is 0.277. The molecule has 0 bridgehead atoms. The second-order valence-corrected chi connectivity index (χ2v) is 11.4. The zero-order chi connectivity index (χ0) is 11.1. The molecule has 0 nitrogen and oxygen atoms in total. The summed E-state index contributed by atoms with van der Waals surface area (Å²) in [7, 11) is 0. The Labute approximate surface area is 103 Å². The third-order valence-corrected chi connectivity index (χ3v) is 9.86. The van der Waals surface area contributed by atoms with E-state index in [4.69, 9.17) is 22.2 Å². The van der Waals surface area contributed by atoms with Crippen LogP contribution in [-0.2, 0) is 0 Å². The molecule has 3 heteroatoms. The van der Waals surface area contributed by atoms with Crippen LogP contribution in [0.15, 0.2) is 22.4 Å². The quantitative estimate of drug-likeness (QED) is 0.481. The van der Waals surface area contributed by atoms with Gasteiger partial charge in [0.2, 0.25) is 0 Å². The third kappa shape index (κ3) is 1.83. The average Bonchev–Trinajstić information content (AvgIpc) is 2.25. The Kier molecular flexibility index (Phi) is 3.35. The first-order valence-corrected chi connectivity index (χ1v) is 9.97. The van der Waals surface area contributed by atoms with Gasteiger partial charge < -0.3 is 0 Å². The van der Waals surface area contributed by atoms with E-state index >= 15 is 0 Å². The van der Waals surface area contributed by atoms with E-state index in [1.807, 2.05) is 0 Å². The van der Waals surface area contributed by atoms with E-state index in [1.54, 1.807) is 5.57 Å². The van der Waals surface area contributed by atoms with Crippen LogP contribution in [0.2, 0.25) is 5.54 Å². The summed E-state index contributed by atoms with van der Waals surface area (Å²) >= 11 is 12.9. The van der Waals surface area contributed by atoms with E-state index < -0.39 is 6.69 Å². The first kappa shape index (κ1) is 11.8. The lowest BCUT2D eigenvalue weighted by molar-refractivity contribution is 0.690. The third-order valence-electron chi connectivity index (χ3n) is 3.74. The van der Waals surface area contributed by atoms with Crippen LogP contribution in [0.25, 0.3) is 0 Å². The maximum atomic E-state index is 6.45. The molecule has 1 atom stereocenters. The van der Waals surface area contributed by atoms with Crippen molar-refractivity contribution in [3.63, 3.8) is 0 Å². The first-order chi connectivity index (χ1) is 7.09. The minimum absolute atomic E-state index is 0.491. The van der Waals surface area contributed by atoms with Gasteiger partial charge in [-0.1, -0.05) is 18.2 Å². The van der Waals surface area contributed by atoms with E-state index in [9.17, 15) is 0 Å². The molecule has 2 aliphatic rings. The van der Waals surface area contributed by atoms with Crippen LogP contribution >= 0.6 is 22.2 Å². The van der Waals surface area contributed by atoms with Gasteiger partial charge in [0.25, 0.3) is 6.69 Å². The van der Waals surface area contributed by atoms with E-state index in [-0.39, 0.29) is 0 Å². The minimum atomic E-state index is -2.05. The molecule has 1 aliphatic heterocycles. The lowest BCUT2D eigenvalue weighted by atomic mass is 9.90. The van der Waals surface area contributed by atoms with Gasteiger partial charge in [-0.25, -0.2) is 0 Å². The van der Waals surface area contributed by atoms with Crippen LogP contribution in [0.1, 0.15) is 46.0 Å². The molecule has 15 heavy (non-hydrogen) atoms. The lowest BCUT2D eigenvalue weighted by Crippen LogP contribution is -2.41. The van der Waals surface area contributed by atoms with Gasteiger partial charge >= 0.3 is 0 Å². The van der Waals surface area contributed by atoms with Crippen molar-refractivity contribution in [2.24, 2.45) is 0 Å². The fourth-order valence-electron chi connectivity index (χ4n) is 2.81. The van der Waals surface area contributed by atoms with Crippen molar-refractivity contribution < 1.29 is 0 Å². The van der Waals surface area contributed by atoms with Crippen molar-refractivity contribution in [3.8, 4) is 0 Å². The standard InChI is InChI=1S/C12H18Cl2Si/c1-3-11-12(9(2)15(11,13)14)10-7-5-4-6-8-10/h7,11H,3-6,8H2,1-2H3. The van der Waals surface area contributed by atoms with Crippen LogP contribution in [0, 0.1) is 0 Å². The number of hydrogen-bond acceptors (Lipinski definition) is 0. The summed E-state index contributed by atoms with van der Waals surface area (Å²) in [6.07, 6.45) is 8.66. The van der Waals surface area contributed by atoms with E-state index in [0.717, 1.165) is 6.42 Å². The maximum Gasteiger partial charge on any atom is 0.284 e. The normalized spacial score (nSPS) is 29.9. The number of allylic oxidation sites excluding steroid dienone is 4. The highest BCUT2D eigenvalue weighted by Crippen LogP contribution is 2.57. The second kappa shape index (κ2) is 4.27. The highest BCUT2D eigenvalue weighted by molar-refractivity contribution is 7.50. The Bertz CT molecular complexity index is 329. The fourth-order valence-corrected chi connectivity index (χ4v) is 7.27. The molecule has 0 fully saturated rings. The molecule has 0 aromatic carbocycles. The summed E-state index contributed by atoms with van der Waals surface area (Å²) in [5, 5.41) is 1.32. The minimum Gasteiger partial charge on any atom is -0.139 e. The topological polar surface area (TPSA) is 0 Å². The number of hydrogen-bond donors (Lipinski definition) is 0. The van der Waals surface area contributed by atoms with Gasteiger partial charge in [-0.05, 0) is 50.2 Å². The number of halogens is 2. The molecule has 1 heterocycles. The SMILES string of the molecule is CCC1C(C2=CCCCC2)=C(C)[Si]1(Cl)Cl. The predicted octanol–water partition coefficient (Wildman–Crippen LogP) is 5.06. The number of rotatable bonds is 2. The lowest BCUT2D eigenvalue weighted by Gasteiger charge is -2.43. The molecule has 1 aliphatic carbocycles. The van der Waals surface area contributed by atoms with Gasteiger partial charge in [-0.2, -0.15) is 0 Å². The molecule has 0 aromatic heterocycles. The average molecular weight is 261 g/mol. The zero-order valence-corrected chi connectivity index (χ0v) is 12.0. The first-order valence-electron chi connectivity index (χ1n) is 5.87. The Morgan fingerprint density at radius 1 is 1.40 bits per heavy atom. The van der Waals surface area contributed by atoms with E-state index in [2.05, 4.69) is 19.9 Å². The molecule has 2 rings (SSSR count). The summed E-state index contributed by atoms with van der Waals surface area (Å²) in [6, 6.07) is 0. The predicted molar refractivity (Wildman–Crippen MR) is 70.8 cm³/mol. The van der Waals surface area contributed by atoms with Gasteiger partial charge in [0.15, 0.2) is 0 Å². The van der Waals surface area contributed by atoms with Crippen molar-refractivity contribution in [2.75, 3.05) is 0 Å². The molecule has 0 saturated carbocycles. The Morgan fingerprint density at radius 3 is 2.67 bits per heavy atom. The molecule has 0 N–H and O–H groups in total. The molecule has 0 amide bonds.